The van der Waals surface area contributed by atoms with Crippen molar-refractivity contribution >= 4 is 23.3 Å². The lowest BCUT2D eigenvalue weighted by atomic mass is 9.94. The van der Waals surface area contributed by atoms with Gasteiger partial charge in [-0.1, -0.05) is 36.4 Å². The number of carbonyl (C=O) groups is 2. The van der Waals surface area contributed by atoms with Crippen LogP contribution in [0.4, 0.5) is 16.2 Å². The average molecular weight is 433 g/mol. The molecule has 0 radical (unpaired) electrons. The number of hydrogen-bond acceptors (Lipinski definition) is 5. The Morgan fingerprint density at radius 3 is 2.44 bits per heavy atom. The summed E-state index contributed by atoms with van der Waals surface area (Å²) in [7, 11) is 3.07. The number of fused-ring (bicyclic) bond motifs is 1. The zero-order valence-electron chi connectivity index (χ0n) is 17.7. The molecule has 0 aromatic heterocycles. The Kier molecular flexibility index (Phi) is 5.70. The fourth-order valence-corrected chi connectivity index (χ4v) is 3.66. The first-order valence-electron chi connectivity index (χ1n) is 9.95. The van der Waals surface area contributed by atoms with Gasteiger partial charge in [0.15, 0.2) is 0 Å². The number of amides is 3. The van der Waals surface area contributed by atoms with Crippen molar-refractivity contribution in [3.8, 4) is 11.5 Å². The molecule has 0 unspecified atom stereocenters. The van der Waals surface area contributed by atoms with Crippen molar-refractivity contribution in [3.05, 3.63) is 83.9 Å². The summed E-state index contributed by atoms with van der Waals surface area (Å²) >= 11 is 0. The number of hydrogen-bond donors (Lipinski definition) is 3. The minimum absolute atomic E-state index is 0.154. The first kappa shape index (κ1) is 21.2. The third-order valence-electron chi connectivity index (χ3n) is 5.31. The van der Waals surface area contributed by atoms with E-state index in [1.807, 2.05) is 12.1 Å². The van der Waals surface area contributed by atoms with Crippen molar-refractivity contribution < 1.29 is 24.2 Å². The highest BCUT2D eigenvalue weighted by Crippen LogP contribution is 2.40. The van der Waals surface area contributed by atoms with Crippen LogP contribution in [0.25, 0.3) is 0 Å². The van der Waals surface area contributed by atoms with Crippen LogP contribution in [0.2, 0.25) is 0 Å². The van der Waals surface area contributed by atoms with Gasteiger partial charge in [0.1, 0.15) is 11.5 Å². The maximum atomic E-state index is 13.4. The zero-order valence-corrected chi connectivity index (χ0v) is 17.7. The van der Waals surface area contributed by atoms with Crippen LogP contribution in [0.15, 0.2) is 72.8 Å². The average Bonchev–Trinajstić information content (AvgIpc) is 2.83. The molecule has 0 spiro atoms. The lowest BCUT2D eigenvalue weighted by molar-refractivity contribution is -0.140. The summed E-state index contributed by atoms with van der Waals surface area (Å²) in [4.78, 5) is 27.5. The third kappa shape index (κ3) is 3.72. The molecule has 0 saturated heterocycles. The van der Waals surface area contributed by atoms with E-state index in [1.165, 1.54) is 7.11 Å². The number of anilines is 2. The van der Waals surface area contributed by atoms with Gasteiger partial charge in [-0.3, -0.25) is 9.69 Å². The molecule has 8 heteroatoms. The summed E-state index contributed by atoms with van der Waals surface area (Å²) in [6.07, 6.45) is 0. The SMILES string of the molecule is COc1ccc(CNC(=O)[C@@]2(O)c3ccccc3NC(=O)N2c2cccc(OC)c2)cc1. The molecule has 0 fully saturated rings. The number of nitrogens with one attached hydrogen (secondary N) is 2. The highest BCUT2D eigenvalue weighted by molar-refractivity contribution is 6.11. The molecule has 3 aromatic carbocycles. The highest BCUT2D eigenvalue weighted by atomic mass is 16.5. The van der Waals surface area contributed by atoms with Crippen LogP contribution in [0.1, 0.15) is 11.1 Å². The van der Waals surface area contributed by atoms with Gasteiger partial charge in [-0.15, -0.1) is 0 Å². The van der Waals surface area contributed by atoms with E-state index in [0.29, 0.717) is 22.9 Å². The number of rotatable bonds is 6. The second-order valence-electron chi connectivity index (χ2n) is 7.22. The van der Waals surface area contributed by atoms with Crippen LogP contribution in [-0.4, -0.2) is 31.3 Å². The number of nitrogens with zero attached hydrogens (tertiary/aromatic N) is 1. The Morgan fingerprint density at radius 2 is 1.72 bits per heavy atom. The molecule has 0 aliphatic carbocycles. The minimum Gasteiger partial charge on any atom is -0.497 e. The molecule has 4 rings (SSSR count). The molecular weight excluding hydrogens is 410 g/mol. The van der Waals surface area contributed by atoms with Crippen molar-refractivity contribution in [2.75, 3.05) is 24.4 Å². The largest absolute Gasteiger partial charge is 0.497 e. The molecule has 32 heavy (non-hydrogen) atoms. The Morgan fingerprint density at radius 1 is 1.00 bits per heavy atom. The maximum Gasteiger partial charge on any atom is 0.329 e. The summed E-state index contributed by atoms with van der Waals surface area (Å²) in [5, 5.41) is 17.3. The van der Waals surface area contributed by atoms with E-state index in [1.54, 1.807) is 67.8 Å². The monoisotopic (exact) mass is 433 g/mol. The first-order valence-corrected chi connectivity index (χ1v) is 9.95. The molecule has 8 nitrogen and oxygen atoms in total. The van der Waals surface area contributed by atoms with E-state index in [9.17, 15) is 14.7 Å². The van der Waals surface area contributed by atoms with Gasteiger partial charge in [-0.05, 0) is 35.9 Å². The molecule has 3 aromatic rings. The van der Waals surface area contributed by atoms with E-state index in [2.05, 4.69) is 10.6 Å². The Hall–Kier alpha value is -4.04. The van der Waals surface area contributed by atoms with Gasteiger partial charge >= 0.3 is 6.03 Å². The summed E-state index contributed by atoms with van der Waals surface area (Å²) in [6.45, 7) is 0.154. The summed E-state index contributed by atoms with van der Waals surface area (Å²) in [5.74, 6) is 0.439. The van der Waals surface area contributed by atoms with Gasteiger partial charge in [0.2, 0.25) is 0 Å². The Bertz CT molecular complexity index is 1150. The molecule has 1 atom stereocenters. The summed E-state index contributed by atoms with van der Waals surface area (Å²) < 4.78 is 10.4. The van der Waals surface area contributed by atoms with Crippen molar-refractivity contribution in [1.29, 1.82) is 0 Å². The van der Waals surface area contributed by atoms with E-state index in [4.69, 9.17) is 9.47 Å². The number of para-hydroxylation sites is 1. The van der Waals surface area contributed by atoms with Gasteiger partial charge in [0.05, 0.1) is 25.6 Å². The lowest BCUT2D eigenvalue weighted by Crippen LogP contribution is -2.62. The van der Waals surface area contributed by atoms with E-state index >= 15 is 0 Å². The van der Waals surface area contributed by atoms with Gasteiger partial charge in [-0.2, -0.15) is 0 Å². The number of benzene rings is 3. The fourth-order valence-electron chi connectivity index (χ4n) is 3.66. The number of methoxy groups -OCH3 is 2. The predicted molar refractivity (Wildman–Crippen MR) is 120 cm³/mol. The van der Waals surface area contributed by atoms with E-state index in [-0.39, 0.29) is 12.1 Å². The van der Waals surface area contributed by atoms with Crippen molar-refractivity contribution in [2.45, 2.75) is 12.3 Å². The van der Waals surface area contributed by atoms with Crippen LogP contribution in [0, 0.1) is 0 Å². The minimum atomic E-state index is -2.28. The van der Waals surface area contributed by atoms with Gasteiger partial charge in [0.25, 0.3) is 11.6 Å². The van der Waals surface area contributed by atoms with Gasteiger partial charge < -0.3 is 25.2 Å². The topological polar surface area (TPSA) is 100 Å². The molecule has 0 saturated carbocycles. The molecule has 0 bridgehead atoms. The third-order valence-corrected chi connectivity index (χ3v) is 5.31. The quantitative estimate of drug-likeness (QED) is 0.554. The summed E-state index contributed by atoms with van der Waals surface area (Å²) in [5.41, 5.74) is -0.548. The molecule has 1 aliphatic rings. The fraction of sp³-hybridized carbons (Fsp3) is 0.167. The summed E-state index contributed by atoms with van der Waals surface area (Å²) in [6, 6.07) is 19.8. The van der Waals surface area contributed by atoms with Crippen LogP contribution in [-0.2, 0) is 17.1 Å². The molecule has 164 valence electrons. The second kappa shape index (κ2) is 8.60. The molecular formula is C24H23N3O5. The number of urea groups is 1. The van der Waals surface area contributed by atoms with E-state index in [0.717, 1.165) is 10.5 Å². The zero-order chi connectivity index (χ0) is 22.7. The molecule has 3 amide bonds. The Balaban J connectivity index is 1.72. The number of ether oxygens (including phenoxy) is 2. The van der Waals surface area contributed by atoms with Crippen LogP contribution < -0.4 is 25.0 Å². The highest BCUT2D eigenvalue weighted by Gasteiger charge is 2.51. The van der Waals surface area contributed by atoms with Crippen LogP contribution in [0.5, 0.6) is 11.5 Å². The van der Waals surface area contributed by atoms with Crippen molar-refractivity contribution in [1.82, 2.24) is 5.32 Å². The van der Waals surface area contributed by atoms with Gasteiger partial charge in [-0.25, -0.2) is 4.79 Å². The molecule has 3 N–H and O–H groups in total. The standard InChI is InChI=1S/C24H23N3O5/c1-31-18-12-10-16(11-13-18)15-25-22(28)24(30)20-8-3-4-9-21(20)26-23(29)27(24)17-6-5-7-19(14-17)32-2/h3-14,30H,15H2,1-2H3,(H,25,28)(H,26,29)/t24-/m0/s1. The smallest absolute Gasteiger partial charge is 0.329 e. The predicted octanol–water partition coefficient (Wildman–Crippen LogP) is 3.22. The normalized spacial score (nSPS) is 17.2. The van der Waals surface area contributed by atoms with Crippen molar-refractivity contribution in [3.63, 3.8) is 0 Å². The first-order chi connectivity index (χ1) is 15.5. The Labute approximate surface area is 185 Å². The number of carbonyl (C=O) groups excluding carboxylic acids is 2. The van der Waals surface area contributed by atoms with Crippen molar-refractivity contribution in [2.24, 2.45) is 0 Å². The molecule has 1 heterocycles. The maximum absolute atomic E-state index is 13.4. The van der Waals surface area contributed by atoms with Gasteiger partial charge in [0, 0.05) is 18.2 Å². The molecule has 1 aliphatic heterocycles. The van der Waals surface area contributed by atoms with E-state index < -0.39 is 17.7 Å². The van der Waals surface area contributed by atoms with Crippen LogP contribution in [0.3, 0.4) is 0 Å². The second-order valence-corrected chi connectivity index (χ2v) is 7.22. The lowest BCUT2D eigenvalue weighted by Gasteiger charge is -2.42. The van der Waals surface area contributed by atoms with Crippen LogP contribution >= 0.6 is 0 Å². The number of aliphatic hydroxyl groups is 1.